The number of nitrogens with one attached hydrogen (secondary N) is 2. The minimum absolute atomic E-state index is 0.824. The maximum absolute atomic E-state index is 3.43. The Bertz CT molecular complexity index is 74.0. The molecule has 0 heterocycles. The standard InChI is InChI=1S/C9H22N2/c1-4-9(2)8-11-7-5-6-10-3/h9-11H,4-8H2,1-3H3. The highest BCUT2D eigenvalue weighted by molar-refractivity contribution is 4.54. The summed E-state index contributed by atoms with van der Waals surface area (Å²) in [6, 6.07) is 0. The van der Waals surface area contributed by atoms with Crippen LogP contribution in [-0.2, 0) is 0 Å². The van der Waals surface area contributed by atoms with E-state index in [0.29, 0.717) is 0 Å². The molecule has 2 heteroatoms. The molecular weight excluding hydrogens is 136 g/mol. The van der Waals surface area contributed by atoms with Crippen LogP contribution in [0.25, 0.3) is 0 Å². The molecule has 2 N–H and O–H groups in total. The van der Waals surface area contributed by atoms with Gasteiger partial charge in [-0.05, 0) is 39.0 Å². The minimum atomic E-state index is 0.824. The van der Waals surface area contributed by atoms with E-state index in [1.165, 1.54) is 19.4 Å². The zero-order valence-electron chi connectivity index (χ0n) is 8.11. The van der Waals surface area contributed by atoms with Crippen molar-refractivity contribution in [2.75, 3.05) is 26.7 Å². The lowest BCUT2D eigenvalue weighted by Gasteiger charge is -2.09. The van der Waals surface area contributed by atoms with Gasteiger partial charge in [0.1, 0.15) is 0 Å². The van der Waals surface area contributed by atoms with E-state index in [4.69, 9.17) is 0 Å². The van der Waals surface area contributed by atoms with E-state index in [-0.39, 0.29) is 0 Å². The van der Waals surface area contributed by atoms with Crippen LogP contribution < -0.4 is 10.6 Å². The third-order valence-corrected chi connectivity index (χ3v) is 1.97. The van der Waals surface area contributed by atoms with Crippen LogP contribution in [0.5, 0.6) is 0 Å². The fourth-order valence-corrected chi connectivity index (χ4v) is 0.883. The van der Waals surface area contributed by atoms with Gasteiger partial charge in [0, 0.05) is 0 Å². The number of rotatable bonds is 7. The largest absolute Gasteiger partial charge is 0.320 e. The fraction of sp³-hybridized carbons (Fsp3) is 1.00. The van der Waals surface area contributed by atoms with Crippen LogP contribution in [0.4, 0.5) is 0 Å². The molecule has 0 aromatic carbocycles. The molecule has 0 saturated carbocycles. The lowest BCUT2D eigenvalue weighted by atomic mass is 10.1. The maximum atomic E-state index is 3.43. The quantitative estimate of drug-likeness (QED) is 0.545. The first-order chi connectivity index (χ1) is 5.31. The summed E-state index contributed by atoms with van der Waals surface area (Å²) in [4.78, 5) is 0. The van der Waals surface area contributed by atoms with Gasteiger partial charge in [-0.25, -0.2) is 0 Å². The number of hydrogen-bond acceptors (Lipinski definition) is 2. The molecule has 1 atom stereocenters. The summed E-state index contributed by atoms with van der Waals surface area (Å²) < 4.78 is 0. The van der Waals surface area contributed by atoms with Crippen molar-refractivity contribution in [3.05, 3.63) is 0 Å². The van der Waals surface area contributed by atoms with Gasteiger partial charge in [0.2, 0.25) is 0 Å². The third-order valence-electron chi connectivity index (χ3n) is 1.97. The summed E-state index contributed by atoms with van der Waals surface area (Å²) in [7, 11) is 1.99. The zero-order chi connectivity index (χ0) is 8.53. The van der Waals surface area contributed by atoms with Gasteiger partial charge in [0.15, 0.2) is 0 Å². The van der Waals surface area contributed by atoms with E-state index in [2.05, 4.69) is 24.5 Å². The van der Waals surface area contributed by atoms with Crippen molar-refractivity contribution in [2.24, 2.45) is 5.92 Å². The molecule has 0 spiro atoms. The molecule has 0 amide bonds. The van der Waals surface area contributed by atoms with E-state index in [1.807, 2.05) is 7.05 Å². The second-order valence-electron chi connectivity index (χ2n) is 3.17. The van der Waals surface area contributed by atoms with Gasteiger partial charge in [-0.15, -0.1) is 0 Å². The van der Waals surface area contributed by atoms with Crippen LogP contribution >= 0.6 is 0 Å². The Morgan fingerprint density at radius 1 is 1.27 bits per heavy atom. The Balaban J connectivity index is 2.89. The van der Waals surface area contributed by atoms with Crippen LogP contribution in [0.15, 0.2) is 0 Å². The van der Waals surface area contributed by atoms with Crippen LogP contribution in [-0.4, -0.2) is 26.7 Å². The fourth-order valence-electron chi connectivity index (χ4n) is 0.883. The minimum Gasteiger partial charge on any atom is -0.320 e. The van der Waals surface area contributed by atoms with E-state index in [0.717, 1.165) is 19.0 Å². The Labute approximate surface area is 70.8 Å². The molecule has 0 aliphatic carbocycles. The first-order valence-electron chi connectivity index (χ1n) is 4.66. The smallest absolute Gasteiger partial charge is 0.00232 e. The van der Waals surface area contributed by atoms with Crippen LogP contribution in [0.1, 0.15) is 26.7 Å². The molecule has 0 saturated heterocycles. The summed E-state index contributed by atoms with van der Waals surface area (Å²) in [5, 5.41) is 6.56. The van der Waals surface area contributed by atoms with Gasteiger partial charge in [-0.3, -0.25) is 0 Å². The topological polar surface area (TPSA) is 24.1 Å². The normalized spacial score (nSPS) is 13.4. The maximum Gasteiger partial charge on any atom is -0.00232 e. The molecule has 0 aromatic heterocycles. The summed E-state index contributed by atoms with van der Waals surface area (Å²) in [6.07, 6.45) is 2.51. The Hall–Kier alpha value is -0.0800. The third kappa shape index (κ3) is 7.82. The van der Waals surface area contributed by atoms with Crippen LogP contribution in [0, 0.1) is 5.92 Å². The van der Waals surface area contributed by atoms with Gasteiger partial charge in [0.25, 0.3) is 0 Å². The second-order valence-corrected chi connectivity index (χ2v) is 3.17. The second kappa shape index (κ2) is 8.02. The molecule has 0 aliphatic heterocycles. The Morgan fingerprint density at radius 2 is 2.00 bits per heavy atom. The molecule has 0 aromatic rings. The Kier molecular flexibility index (Phi) is 7.96. The highest BCUT2D eigenvalue weighted by atomic mass is 14.9. The molecule has 1 unspecified atom stereocenters. The molecule has 68 valence electrons. The molecule has 2 nitrogen and oxygen atoms in total. The van der Waals surface area contributed by atoms with Crippen molar-refractivity contribution in [3.63, 3.8) is 0 Å². The summed E-state index contributed by atoms with van der Waals surface area (Å²) in [5.74, 6) is 0.824. The SMILES string of the molecule is CCC(C)CNCCCNC. The van der Waals surface area contributed by atoms with Crippen molar-refractivity contribution in [3.8, 4) is 0 Å². The predicted octanol–water partition coefficient (Wildman–Crippen LogP) is 1.23. The molecule has 0 rings (SSSR count). The monoisotopic (exact) mass is 158 g/mol. The van der Waals surface area contributed by atoms with Crippen molar-refractivity contribution in [2.45, 2.75) is 26.7 Å². The summed E-state index contributed by atoms with van der Waals surface area (Å²) >= 11 is 0. The highest BCUT2D eigenvalue weighted by Crippen LogP contribution is 1.96. The van der Waals surface area contributed by atoms with Crippen LogP contribution in [0.3, 0.4) is 0 Å². The van der Waals surface area contributed by atoms with Gasteiger partial charge in [-0.1, -0.05) is 20.3 Å². The summed E-state index contributed by atoms with van der Waals surface area (Å²) in [5.41, 5.74) is 0. The van der Waals surface area contributed by atoms with Crippen molar-refractivity contribution in [1.29, 1.82) is 0 Å². The van der Waals surface area contributed by atoms with Gasteiger partial charge >= 0.3 is 0 Å². The van der Waals surface area contributed by atoms with E-state index < -0.39 is 0 Å². The van der Waals surface area contributed by atoms with Gasteiger partial charge in [-0.2, -0.15) is 0 Å². The van der Waals surface area contributed by atoms with Crippen molar-refractivity contribution >= 4 is 0 Å². The van der Waals surface area contributed by atoms with Crippen molar-refractivity contribution < 1.29 is 0 Å². The molecule has 0 aliphatic rings. The van der Waals surface area contributed by atoms with Gasteiger partial charge < -0.3 is 10.6 Å². The number of hydrogen-bond donors (Lipinski definition) is 2. The van der Waals surface area contributed by atoms with Crippen LogP contribution in [0.2, 0.25) is 0 Å². The first kappa shape index (κ1) is 10.9. The van der Waals surface area contributed by atoms with E-state index >= 15 is 0 Å². The highest BCUT2D eigenvalue weighted by Gasteiger charge is 1.95. The van der Waals surface area contributed by atoms with Gasteiger partial charge in [0.05, 0.1) is 0 Å². The lowest BCUT2D eigenvalue weighted by Crippen LogP contribution is -2.24. The molecule has 11 heavy (non-hydrogen) atoms. The molecule has 0 bridgehead atoms. The molecular formula is C9H22N2. The lowest BCUT2D eigenvalue weighted by molar-refractivity contribution is 0.493. The zero-order valence-corrected chi connectivity index (χ0v) is 8.11. The summed E-state index contributed by atoms with van der Waals surface area (Å²) in [6.45, 7) is 7.95. The van der Waals surface area contributed by atoms with E-state index in [9.17, 15) is 0 Å². The average molecular weight is 158 g/mol. The molecule has 0 radical (unpaired) electrons. The van der Waals surface area contributed by atoms with E-state index in [1.54, 1.807) is 0 Å². The predicted molar refractivity (Wildman–Crippen MR) is 50.9 cm³/mol. The molecule has 0 fully saturated rings. The van der Waals surface area contributed by atoms with Crippen molar-refractivity contribution in [1.82, 2.24) is 10.6 Å². The average Bonchev–Trinajstić information content (AvgIpc) is 2.04. The Morgan fingerprint density at radius 3 is 2.55 bits per heavy atom. The first-order valence-corrected chi connectivity index (χ1v) is 4.66.